The summed E-state index contributed by atoms with van der Waals surface area (Å²) in [6.45, 7) is 3.80. The number of hydrogen-bond donors (Lipinski definition) is 2. The summed E-state index contributed by atoms with van der Waals surface area (Å²) in [6.07, 6.45) is 5.53. The zero-order valence-corrected chi connectivity index (χ0v) is 10.2. The summed E-state index contributed by atoms with van der Waals surface area (Å²) < 4.78 is 10.9. The van der Waals surface area contributed by atoms with Crippen LogP contribution in [0, 0.1) is 5.92 Å². The van der Waals surface area contributed by atoms with Crippen molar-refractivity contribution in [3.63, 3.8) is 0 Å². The number of carbonyl (C=O) groups excluding carboxylic acids is 1. The maximum absolute atomic E-state index is 10.9. The minimum absolute atomic E-state index is 0.110. The van der Waals surface area contributed by atoms with Crippen LogP contribution in [0.2, 0.25) is 0 Å². The number of rotatable bonds is 1. The molecule has 1 fully saturated rings. The molecule has 0 amide bonds. The molecule has 0 aromatic rings. The number of nitrogens with one attached hydrogen (secondary N) is 2. The maximum atomic E-state index is 10.9. The second-order valence-electron chi connectivity index (χ2n) is 4.62. The third-order valence-electron chi connectivity index (χ3n) is 3.30. The van der Waals surface area contributed by atoms with E-state index in [0.29, 0.717) is 18.3 Å². The van der Waals surface area contributed by atoms with E-state index in [9.17, 15) is 4.79 Å². The van der Waals surface area contributed by atoms with Crippen molar-refractivity contribution in [2.24, 2.45) is 5.92 Å². The third kappa shape index (κ3) is 2.07. The van der Waals surface area contributed by atoms with Gasteiger partial charge in [-0.3, -0.25) is 10.1 Å². The van der Waals surface area contributed by atoms with Crippen molar-refractivity contribution in [3.05, 3.63) is 35.3 Å². The molecule has 2 unspecified atom stereocenters. The summed E-state index contributed by atoms with van der Waals surface area (Å²) in [5.41, 5.74) is 2.39. The van der Waals surface area contributed by atoms with Crippen molar-refractivity contribution in [1.29, 1.82) is 0 Å². The topological polar surface area (TPSA) is 59.6 Å². The van der Waals surface area contributed by atoms with Crippen LogP contribution >= 0.6 is 0 Å². The van der Waals surface area contributed by atoms with Crippen LogP contribution in [-0.2, 0) is 14.3 Å². The molecular formula is C13H16N2O3. The first-order valence-electron chi connectivity index (χ1n) is 6.12. The van der Waals surface area contributed by atoms with E-state index >= 15 is 0 Å². The van der Waals surface area contributed by atoms with Crippen molar-refractivity contribution in [2.45, 2.75) is 13.0 Å². The van der Waals surface area contributed by atoms with Gasteiger partial charge < -0.3 is 14.8 Å². The van der Waals surface area contributed by atoms with Gasteiger partial charge in [0.05, 0.1) is 13.3 Å². The van der Waals surface area contributed by atoms with Crippen LogP contribution < -0.4 is 10.6 Å². The lowest BCUT2D eigenvalue weighted by Crippen LogP contribution is -2.48. The molecule has 3 rings (SSSR count). The van der Waals surface area contributed by atoms with Gasteiger partial charge in [0.2, 0.25) is 0 Å². The summed E-state index contributed by atoms with van der Waals surface area (Å²) in [6, 6.07) is 0. The zero-order chi connectivity index (χ0) is 12.5. The molecule has 1 aliphatic carbocycles. The lowest BCUT2D eigenvalue weighted by Gasteiger charge is -2.37. The molecule has 5 heteroatoms. The van der Waals surface area contributed by atoms with Gasteiger partial charge in [0.25, 0.3) is 0 Å². The Morgan fingerprint density at radius 2 is 2.39 bits per heavy atom. The van der Waals surface area contributed by atoms with Crippen LogP contribution in [0.15, 0.2) is 35.3 Å². The van der Waals surface area contributed by atoms with Crippen LogP contribution in [0.4, 0.5) is 0 Å². The highest BCUT2D eigenvalue weighted by Crippen LogP contribution is 2.30. The lowest BCUT2D eigenvalue weighted by atomic mass is 9.91. The van der Waals surface area contributed by atoms with E-state index in [0.717, 1.165) is 18.8 Å². The average molecular weight is 248 g/mol. The van der Waals surface area contributed by atoms with Crippen molar-refractivity contribution >= 4 is 5.97 Å². The molecule has 3 aliphatic rings. The number of fused-ring (bicyclic) bond motifs is 2. The van der Waals surface area contributed by atoms with Gasteiger partial charge in [-0.15, -0.1) is 0 Å². The second-order valence-corrected chi connectivity index (χ2v) is 4.62. The molecule has 0 bridgehead atoms. The fraction of sp³-hybridized carbons (Fsp3) is 0.462. The van der Waals surface area contributed by atoms with Crippen molar-refractivity contribution < 1.29 is 14.3 Å². The molecular weight excluding hydrogens is 232 g/mol. The molecule has 18 heavy (non-hydrogen) atoms. The molecule has 2 aliphatic heterocycles. The first kappa shape index (κ1) is 11.5. The van der Waals surface area contributed by atoms with Crippen LogP contribution in [0.5, 0.6) is 0 Å². The van der Waals surface area contributed by atoms with E-state index in [1.165, 1.54) is 12.6 Å². The highest BCUT2D eigenvalue weighted by molar-refractivity contribution is 5.68. The van der Waals surface area contributed by atoms with E-state index in [2.05, 4.69) is 10.6 Å². The summed E-state index contributed by atoms with van der Waals surface area (Å²) in [4.78, 5) is 10.9. The highest BCUT2D eigenvalue weighted by Gasteiger charge is 2.31. The Morgan fingerprint density at radius 3 is 3.22 bits per heavy atom. The average Bonchev–Trinajstić information content (AvgIpc) is 2.37. The van der Waals surface area contributed by atoms with Gasteiger partial charge in [0.1, 0.15) is 11.9 Å². The quantitative estimate of drug-likeness (QED) is 0.659. The molecule has 96 valence electrons. The van der Waals surface area contributed by atoms with E-state index in [4.69, 9.17) is 9.47 Å². The Labute approximate surface area is 106 Å². The molecule has 1 saturated heterocycles. The van der Waals surface area contributed by atoms with Crippen LogP contribution in [-0.4, -0.2) is 31.9 Å². The third-order valence-corrected chi connectivity index (χ3v) is 3.30. The molecule has 2 heterocycles. The summed E-state index contributed by atoms with van der Waals surface area (Å²) in [5, 5.41) is 6.66. The normalized spacial score (nSPS) is 29.9. The Balaban J connectivity index is 1.86. The summed E-state index contributed by atoms with van der Waals surface area (Å²) >= 11 is 0. The highest BCUT2D eigenvalue weighted by atomic mass is 16.5. The maximum Gasteiger partial charge on any atom is 0.308 e. The van der Waals surface area contributed by atoms with Gasteiger partial charge >= 0.3 is 5.97 Å². The Morgan fingerprint density at radius 1 is 1.50 bits per heavy atom. The lowest BCUT2D eigenvalue weighted by molar-refractivity contribution is -0.136. The number of ether oxygens (including phenoxy) is 2. The van der Waals surface area contributed by atoms with Crippen LogP contribution in [0.1, 0.15) is 6.92 Å². The van der Waals surface area contributed by atoms with E-state index in [-0.39, 0.29) is 12.1 Å². The number of carbonyl (C=O) groups is 1. The van der Waals surface area contributed by atoms with Gasteiger partial charge in [-0.05, 0) is 12.2 Å². The van der Waals surface area contributed by atoms with Gasteiger partial charge in [0.15, 0.2) is 0 Å². The van der Waals surface area contributed by atoms with Gasteiger partial charge in [-0.2, -0.15) is 0 Å². The summed E-state index contributed by atoms with van der Waals surface area (Å²) in [7, 11) is 0. The Bertz CT molecular complexity index is 465. The predicted octanol–water partition coefficient (Wildman–Crippen LogP) is 0.423. The first-order valence-corrected chi connectivity index (χ1v) is 6.12. The monoisotopic (exact) mass is 248 g/mol. The smallest absolute Gasteiger partial charge is 0.308 e. The largest absolute Gasteiger partial charge is 0.427 e. The van der Waals surface area contributed by atoms with Crippen molar-refractivity contribution in [3.8, 4) is 0 Å². The summed E-state index contributed by atoms with van der Waals surface area (Å²) in [5.74, 6) is 0.637. The predicted molar refractivity (Wildman–Crippen MR) is 65.3 cm³/mol. The van der Waals surface area contributed by atoms with Crippen LogP contribution in [0.25, 0.3) is 0 Å². The molecule has 0 saturated carbocycles. The minimum Gasteiger partial charge on any atom is -0.427 e. The van der Waals surface area contributed by atoms with E-state index < -0.39 is 0 Å². The first-order chi connectivity index (χ1) is 8.74. The SMILES string of the molecule is CC(=O)OC1=CC2OCC3CNCNC3=C2C=C1. The minimum atomic E-state index is -0.310. The number of hydrogen-bond acceptors (Lipinski definition) is 5. The number of allylic oxidation sites excluding steroid dienone is 1. The second kappa shape index (κ2) is 4.59. The molecule has 0 radical (unpaired) electrons. The molecule has 5 nitrogen and oxygen atoms in total. The van der Waals surface area contributed by atoms with Gasteiger partial charge in [-0.25, -0.2) is 0 Å². The van der Waals surface area contributed by atoms with Gasteiger partial charge in [0, 0.05) is 30.7 Å². The number of esters is 1. The molecule has 2 N–H and O–H groups in total. The fourth-order valence-electron chi connectivity index (χ4n) is 2.53. The Kier molecular flexibility index (Phi) is 2.93. The molecule has 0 aromatic heterocycles. The van der Waals surface area contributed by atoms with Crippen LogP contribution in [0.3, 0.4) is 0 Å². The molecule has 2 atom stereocenters. The van der Waals surface area contributed by atoms with E-state index in [1.807, 2.05) is 18.2 Å². The van der Waals surface area contributed by atoms with Gasteiger partial charge in [-0.1, -0.05) is 6.08 Å². The molecule has 0 spiro atoms. The van der Waals surface area contributed by atoms with Crippen molar-refractivity contribution in [2.75, 3.05) is 19.8 Å². The van der Waals surface area contributed by atoms with Crippen molar-refractivity contribution in [1.82, 2.24) is 10.6 Å². The van der Waals surface area contributed by atoms with E-state index in [1.54, 1.807) is 0 Å². The zero-order valence-electron chi connectivity index (χ0n) is 10.2. The Hall–Kier alpha value is -1.59. The molecule has 0 aromatic carbocycles. The fourth-order valence-corrected chi connectivity index (χ4v) is 2.53. The standard InChI is InChI=1S/C13H16N2O3/c1-8(16)18-10-2-3-11-12(4-10)17-6-9-5-14-7-15-13(9)11/h2-4,9,12,14-15H,5-7H2,1H3.